The van der Waals surface area contributed by atoms with Crippen molar-refractivity contribution in [2.75, 3.05) is 12.4 Å². The normalized spacial score (nSPS) is 14.0. The summed E-state index contributed by atoms with van der Waals surface area (Å²) in [4.78, 5) is 12.0. The predicted molar refractivity (Wildman–Crippen MR) is 121 cm³/mol. The molecule has 0 saturated heterocycles. The third-order valence-corrected chi connectivity index (χ3v) is 5.55. The van der Waals surface area contributed by atoms with Crippen LogP contribution in [0, 0.1) is 11.3 Å². The van der Waals surface area contributed by atoms with Crippen LogP contribution in [0.4, 0.5) is 10.5 Å². The summed E-state index contributed by atoms with van der Waals surface area (Å²) in [6.45, 7) is 5.50. The molecule has 1 amide bonds. The van der Waals surface area contributed by atoms with Gasteiger partial charge in [-0.05, 0) is 75.9 Å². The topological polar surface area (TPSA) is 76.3 Å². The van der Waals surface area contributed by atoms with Gasteiger partial charge in [-0.25, -0.2) is 4.79 Å². The number of amides is 1. The molecule has 0 aliphatic heterocycles. The zero-order chi connectivity index (χ0) is 22.2. The lowest BCUT2D eigenvalue weighted by molar-refractivity contribution is 0.0636. The van der Waals surface area contributed by atoms with Crippen molar-refractivity contribution in [2.24, 2.45) is 0 Å². The standard InChI is InChI=1S/C25H27N3O3/c1-25(2,3)31-24(29)27-19-10-8-16(9-11-19)21-12-17-14-23(30-4)18(15-26)13-22(17)28(21)20-6-5-7-20/h8-14,20H,5-7H2,1-4H3,(H,27,29). The van der Waals surface area contributed by atoms with E-state index in [2.05, 4.69) is 22.0 Å². The molecule has 1 heterocycles. The van der Waals surface area contributed by atoms with Gasteiger partial charge in [0, 0.05) is 22.8 Å². The minimum absolute atomic E-state index is 0.423. The molecule has 1 saturated carbocycles. The number of hydrogen-bond donors (Lipinski definition) is 1. The van der Waals surface area contributed by atoms with Crippen molar-refractivity contribution in [2.45, 2.75) is 51.7 Å². The van der Waals surface area contributed by atoms with Gasteiger partial charge in [0.25, 0.3) is 0 Å². The highest BCUT2D eigenvalue weighted by Crippen LogP contribution is 2.41. The summed E-state index contributed by atoms with van der Waals surface area (Å²) in [6.07, 6.45) is 3.00. The second-order valence-corrected chi connectivity index (χ2v) is 8.91. The van der Waals surface area contributed by atoms with Gasteiger partial charge < -0.3 is 14.0 Å². The predicted octanol–water partition coefficient (Wildman–Crippen LogP) is 6.26. The molecule has 0 atom stereocenters. The van der Waals surface area contributed by atoms with Crippen LogP contribution in [0.2, 0.25) is 0 Å². The Morgan fingerprint density at radius 1 is 1.16 bits per heavy atom. The molecule has 1 N–H and O–H groups in total. The zero-order valence-corrected chi connectivity index (χ0v) is 18.4. The van der Waals surface area contributed by atoms with E-state index in [1.54, 1.807) is 7.11 Å². The maximum atomic E-state index is 12.0. The van der Waals surface area contributed by atoms with Crippen molar-refractivity contribution < 1.29 is 14.3 Å². The van der Waals surface area contributed by atoms with Gasteiger partial charge in [-0.3, -0.25) is 5.32 Å². The van der Waals surface area contributed by atoms with Crippen LogP contribution in [0.3, 0.4) is 0 Å². The summed E-state index contributed by atoms with van der Waals surface area (Å²) < 4.78 is 13.1. The molecule has 6 heteroatoms. The minimum atomic E-state index is -0.545. The first-order valence-corrected chi connectivity index (χ1v) is 10.5. The SMILES string of the molecule is COc1cc2cc(-c3ccc(NC(=O)OC(C)(C)C)cc3)n(C3CCC3)c2cc1C#N. The van der Waals surface area contributed by atoms with Crippen LogP contribution in [-0.2, 0) is 4.74 Å². The first kappa shape index (κ1) is 20.8. The van der Waals surface area contributed by atoms with Gasteiger partial charge in [0.05, 0.1) is 18.2 Å². The minimum Gasteiger partial charge on any atom is -0.495 e. The molecule has 0 radical (unpaired) electrons. The van der Waals surface area contributed by atoms with Crippen LogP contribution in [-0.4, -0.2) is 23.4 Å². The number of carbonyl (C=O) groups is 1. The quantitative estimate of drug-likeness (QED) is 0.543. The number of aromatic nitrogens is 1. The van der Waals surface area contributed by atoms with Gasteiger partial charge in [0.15, 0.2) is 0 Å². The average molecular weight is 418 g/mol. The van der Waals surface area contributed by atoms with Crippen molar-refractivity contribution in [3.63, 3.8) is 0 Å². The van der Waals surface area contributed by atoms with E-state index in [-0.39, 0.29) is 0 Å². The van der Waals surface area contributed by atoms with Gasteiger partial charge in [0.1, 0.15) is 17.4 Å². The molecule has 2 aromatic carbocycles. The van der Waals surface area contributed by atoms with E-state index in [1.807, 2.05) is 57.2 Å². The lowest BCUT2D eigenvalue weighted by atomic mass is 9.92. The highest BCUT2D eigenvalue weighted by atomic mass is 16.6. The van der Waals surface area contributed by atoms with Gasteiger partial charge in [-0.15, -0.1) is 0 Å². The molecule has 6 nitrogen and oxygen atoms in total. The third kappa shape index (κ3) is 4.22. The summed E-state index contributed by atoms with van der Waals surface area (Å²) in [5, 5.41) is 13.3. The molecule has 0 spiro atoms. The second kappa shape index (κ2) is 7.99. The molecule has 31 heavy (non-hydrogen) atoms. The number of nitrogens with zero attached hydrogens (tertiary/aromatic N) is 2. The van der Waals surface area contributed by atoms with Crippen molar-refractivity contribution in [1.29, 1.82) is 5.26 Å². The third-order valence-electron chi connectivity index (χ3n) is 5.55. The average Bonchev–Trinajstić information content (AvgIpc) is 3.02. The highest BCUT2D eigenvalue weighted by Gasteiger charge is 2.25. The first-order valence-electron chi connectivity index (χ1n) is 10.5. The Bertz CT molecular complexity index is 1160. The monoisotopic (exact) mass is 417 g/mol. The lowest BCUT2D eigenvalue weighted by Crippen LogP contribution is -2.27. The van der Waals surface area contributed by atoms with E-state index < -0.39 is 11.7 Å². The number of benzene rings is 2. The van der Waals surface area contributed by atoms with E-state index >= 15 is 0 Å². The Morgan fingerprint density at radius 3 is 2.42 bits per heavy atom. The van der Waals surface area contributed by atoms with E-state index in [0.29, 0.717) is 23.0 Å². The van der Waals surface area contributed by atoms with Crippen LogP contribution >= 0.6 is 0 Å². The summed E-state index contributed by atoms with van der Waals surface area (Å²) in [5.74, 6) is 0.587. The van der Waals surface area contributed by atoms with E-state index in [1.165, 1.54) is 6.42 Å². The Balaban J connectivity index is 1.70. The Hall–Kier alpha value is -3.46. The number of carbonyl (C=O) groups excluding carboxylic acids is 1. The van der Waals surface area contributed by atoms with Gasteiger partial charge >= 0.3 is 6.09 Å². The smallest absolute Gasteiger partial charge is 0.412 e. The number of fused-ring (bicyclic) bond motifs is 1. The second-order valence-electron chi connectivity index (χ2n) is 8.91. The number of nitrogens with one attached hydrogen (secondary N) is 1. The molecule has 1 fully saturated rings. The molecular formula is C25H27N3O3. The number of methoxy groups -OCH3 is 1. The lowest BCUT2D eigenvalue weighted by Gasteiger charge is -2.30. The zero-order valence-electron chi connectivity index (χ0n) is 18.4. The van der Waals surface area contributed by atoms with Gasteiger partial charge in [0.2, 0.25) is 0 Å². The molecule has 160 valence electrons. The fraction of sp³-hybridized carbons (Fsp3) is 0.360. The summed E-state index contributed by atoms with van der Waals surface area (Å²) in [6, 6.07) is 16.4. The fourth-order valence-corrected chi connectivity index (χ4v) is 3.92. The maximum absolute atomic E-state index is 12.0. The van der Waals surface area contributed by atoms with Crippen LogP contribution in [0.5, 0.6) is 5.75 Å². The largest absolute Gasteiger partial charge is 0.495 e. The van der Waals surface area contributed by atoms with Crippen molar-refractivity contribution in [3.8, 4) is 23.1 Å². The molecule has 3 aromatic rings. The molecule has 0 unspecified atom stereocenters. The molecule has 4 rings (SSSR count). The van der Waals surface area contributed by atoms with Crippen LogP contribution in [0.1, 0.15) is 51.6 Å². The molecule has 1 aliphatic rings. The van der Waals surface area contributed by atoms with Crippen molar-refractivity contribution >= 4 is 22.7 Å². The summed E-state index contributed by atoms with van der Waals surface area (Å²) in [5.41, 5.74) is 3.87. The van der Waals surface area contributed by atoms with E-state index in [9.17, 15) is 10.1 Å². The van der Waals surface area contributed by atoms with Crippen LogP contribution in [0.25, 0.3) is 22.2 Å². The Morgan fingerprint density at radius 2 is 1.87 bits per heavy atom. The molecular weight excluding hydrogens is 390 g/mol. The number of nitriles is 1. The number of rotatable bonds is 4. The van der Waals surface area contributed by atoms with Crippen LogP contribution in [0.15, 0.2) is 42.5 Å². The fourth-order valence-electron chi connectivity index (χ4n) is 3.92. The molecule has 1 aromatic heterocycles. The summed E-state index contributed by atoms with van der Waals surface area (Å²) >= 11 is 0. The Kier molecular flexibility index (Phi) is 5.36. The highest BCUT2D eigenvalue weighted by molar-refractivity contribution is 5.90. The van der Waals surface area contributed by atoms with Crippen molar-refractivity contribution in [3.05, 3.63) is 48.0 Å². The van der Waals surface area contributed by atoms with E-state index in [4.69, 9.17) is 9.47 Å². The van der Waals surface area contributed by atoms with Crippen LogP contribution < -0.4 is 10.1 Å². The first-order chi connectivity index (χ1) is 14.8. The number of ether oxygens (including phenoxy) is 2. The van der Waals surface area contributed by atoms with Gasteiger partial charge in [-0.1, -0.05) is 12.1 Å². The molecule has 1 aliphatic carbocycles. The van der Waals surface area contributed by atoms with Gasteiger partial charge in [-0.2, -0.15) is 5.26 Å². The maximum Gasteiger partial charge on any atom is 0.412 e. The molecule has 0 bridgehead atoms. The number of anilines is 1. The Labute approximate surface area is 182 Å². The number of hydrogen-bond acceptors (Lipinski definition) is 4. The van der Waals surface area contributed by atoms with Crippen molar-refractivity contribution in [1.82, 2.24) is 4.57 Å². The summed E-state index contributed by atoms with van der Waals surface area (Å²) in [7, 11) is 1.59. The van der Waals surface area contributed by atoms with E-state index in [0.717, 1.165) is 35.0 Å².